The van der Waals surface area contributed by atoms with E-state index in [-0.39, 0.29) is 0 Å². The van der Waals surface area contributed by atoms with Crippen molar-refractivity contribution in [2.75, 3.05) is 20.2 Å². The van der Waals surface area contributed by atoms with Crippen LogP contribution < -0.4 is 10.5 Å². The number of aromatic nitrogens is 2. The van der Waals surface area contributed by atoms with E-state index in [1.165, 1.54) is 0 Å². The molecule has 106 valence electrons. The average molecular weight is 272 g/mol. The van der Waals surface area contributed by atoms with Crippen LogP contribution in [-0.2, 0) is 6.54 Å². The number of para-hydroxylation sites is 2. The molecule has 0 aliphatic carbocycles. The van der Waals surface area contributed by atoms with Gasteiger partial charge in [0, 0.05) is 31.9 Å². The molecule has 5 heteroatoms. The highest BCUT2D eigenvalue weighted by Crippen LogP contribution is 2.23. The molecule has 2 N–H and O–H groups in total. The van der Waals surface area contributed by atoms with Crippen molar-refractivity contribution in [3.8, 4) is 11.4 Å². The predicted molar refractivity (Wildman–Crippen MR) is 78.0 cm³/mol. The Kier molecular flexibility index (Phi) is 3.71. The van der Waals surface area contributed by atoms with Gasteiger partial charge in [-0.15, -0.1) is 0 Å². The first-order valence-corrected chi connectivity index (χ1v) is 6.92. The molecule has 1 fully saturated rings. The number of likely N-dealkylation sites (tertiary alicyclic amines) is 1. The molecule has 1 aliphatic rings. The highest BCUT2D eigenvalue weighted by molar-refractivity contribution is 5.46. The molecule has 0 bridgehead atoms. The second-order valence-electron chi connectivity index (χ2n) is 5.19. The molecule has 1 saturated heterocycles. The Morgan fingerprint density at radius 1 is 1.35 bits per heavy atom. The summed E-state index contributed by atoms with van der Waals surface area (Å²) in [6.45, 7) is 2.88. The zero-order chi connectivity index (χ0) is 13.9. The Morgan fingerprint density at radius 3 is 2.95 bits per heavy atom. The zero-order valence-electron chi connectivity index (χ0n) is 11.7. The topological polar surface area (TPSA) is 56.3 Å². The normalized spacial score (nSPS) is 19.4. The molecule has 2 heterocycles. The summed E-state index contributed by atoms with van der Waals surface area (Å²) in [6.07, 6.45) is 2.90. The molecule has 0 amide bonds. The lowest BCUT2D eigenvalue weighted by atomic mass is 10.3. The minimum absolute atomic E-state index is 0.303. The van der Waals surface area contributed by atoms with E-state index in [1.807, 2.05) is 35.1 Å². The van der Waals surface area contributed by atoms with Crippen LogP contribution in [0.25, 0.3) is 5.69 Å². The van der Waals surface area contributed by atoms with Gasteiger partial charge in [0.05, 0.1) is 12.8 Å². The highest BCUT2D eigenvalue weighted by atomic mass is 16.5. The van der Waals surface area contributed by atoms with Crippen molar-refractivity contribution in [1.82, 2.24) is 14.7 Å². The van der Waals surface area contributed by atoms with Gasteiger partial charge in [-0.25, -0.2) is 4.68 Å². The van der Waals surface area contributed by atoms with E-state index in [9.17, 15) is 0 Å². The number of rotatable bonds is 4. The molecule has 20 heavy (non-hydrogen) atoms. The van der Waals surface area contributed by atoms with Crippen LogP contribution >= 0.6 is 0 Å². The molecule has 0 spiro atoms. The van der Waals surface area contributed by atoms with Gasteiger partial charge in [0.25, 0.3) is 0 Å². The van der Waals surface area contributed by atoms with Crippen molar-refractivity contribution in [3.05, 3.63) is 42.2 Å². The molecule has 2 aromatic rings. The SMILES string of the molecule is COc1ccccc1-n1nccc1CN1CC[C@@H](N)C1. The molecule has 0 unspecified atom stereocenters. The number of hydrogen-bond donors (Lipinski definition) is 1. The largest absolute Gasteiger partial charge is 0.494 e. The van der Waals surface area contributed by atoms with Crippen LogP contribution in [-0.4, -0.2) is 40.9 Å². The fourth-order valence-electron chi connectivity index (χ4n) is 2.71. The summed E-state index contributed by atoms with van der Waals surface area (Å²) in [7, 11) is 1.68. The van der Waals surface area contributed by atoms with Gasteiger partial charge in [-0.3, -0.25) is 4.90 Å². The van der Waals surface area contributed by atoms with Gasteiger partial charge in [-0.2, -0.15) is 5.10 Å². The standard InChI is InChI=1S/C15H20N4O/c1-20-15-5-3-2-4-14(15)19-13(6-8-17-19)11-18-9-7-12(16)10-18/h2-6,8,12H,7,9-11,16H2,1H3/t12-/m1/s1. The molecule has 1 atom stereocenters. The van der Waals surface area contributed by atoms with Crippen LogP contribution in [0.15, 0.2) is 36.5 Å². The third-order valence-electron chi connectivity index (χ3n) is 3.73. The maximum Gasteiger partial charge on any atom is 0.144 e. The molecule has 0 saturated carbocycles. The molecule has 5 nitrogen and oxygen atoms in total. The fourth-order valence-corrected chi connectivity index (χ4v) is 2.71. The first-order chi connectivity index (χ1) is 9.78. The maximum absolute atomic E-state index is 5.96. The smallest absolute Gasteiger partial charge is 0.144 e. The van der Waals surface area contributed by atoms with Gasteiger partial charge >= 0.3 is 0 Å². The van der Waals surface area contributed by atoms with Crippen LogP contribution in [0.3, 0.4) is 0 Å². The van der Waals surface area contributed by atoms with E-state index in [2.05, 4.69) is 16.1 Å². The maximum atomic E-state index is 5.96. The molecule has 3 rings (SSSR count). The second-order valence-corrected chi connectivity index (χ2v) is 5.19. The Morgan fingerprint density at radius 2 is 2.20 bits per heavy atom. The Hall–Kier alpha value is -1.85. The van der Waals surface area contributed by atoms with E-state index >= 15 is 0 Å². The van der Waals surface area contributed by atoms with E-state index < -0.39 is 0 Å². The van der Waals surface area contributed by atoms with Crippen LogP contribution in [0.1, 0.15) is 12.1 Å². The van der Waals surface area contributed by atoms with E-state index in [0.29, 0.717) is 6.04 Å². The molecular weight excluding hydrogens is 252 g/mol. The van der Waals surface area contributed by atoms with Crippen molar-refractivity contribution in [1.29, 1.82) is 0 Å². The molecular formula is C15H20N4O. The first kappa shape index (κ1) is 13.1. The van der Waals surface area contributed by atoms with Gasteiger partial charge in [-0.05, 0) is 24.6 Å². The summed E-state index contributed by atoms with van der Waals surface area (Å²) >= 11 is 0. The molecule has 0 radical (unpaired) electrons. The number of ether oxygens (including phenoxy) is 1. The quantitative estimate of drug-likeness (QED) is 0.914. The summed E-state index contributed by atoms with van der Waals surface area (Å²) in [4.78, 5) is 2.37. The van der Waals surface area contributed by atoms with Gasteiger partial charge in [0.1, 0.15) is 11.4 Å². The number of hydrogen-bond acceptors (Lipinski definition) is 4. The Labute approximate surface area is 118 Å². The number of nitrogens with two attached hydrogens (primary N) is 1. The van der Waals surface area contributed by atoms with Crippen LogP contribution in [0.2, 0.25) is 0 Å². The van der Waals surface area contributed by atoms with Gasteiger partial charge < -0.3 is 10.5 Å². The molecule has 1 aromatic carbocycles. The summed E-state index contributed by atoms with van der Waals surface area (Å²) in [5, 5.41) is 4.43. The first-order valence-electron chi connectivity index (χ1n) is 6.92. The van der Waals surface area contributed by atoms with Gasteiger partial charge in [0.2, 0.25) is 0 Å². The van der Waals surface area contributed by atoms with Crippen molar-refractivity contribution in [2.24, 2.45) is 5.73 Å². The minimum Gasteiger partial charge on any atom is -0.494 e. The zero-order valence-corrected chi connectivity index (χ0v) is 11.7. The van der Waals surface area contributed by atoms with Crippen LogP contribution in [0, 0.1) is 0 Å². The number of nitrogens with zero attached hydrogens (tertiary/aromatic N) is 3. The lowest BCUT2D eigenvalue weighted by Gasteiger charge is -2.17. The average Bonchev–Trinajstić information content (AvgIpc) is 3.08. The predicted octanol–water partition coefficient (Wildman–Crippen LogP) is 1.41. The lowest BCUT2D eigenvalue weighted by Crippen LogP contribution is -2.27. The van der Waals surface area contributed by atoms with E-state index in [1.54, 1.807) is 7.11 Å². The highest BCUT2D eigenvalue weighted by Gasteiger charge is 2.20. The summed E-state index contributed by atoms with van der Waals surface area (Å²) < 4.78 is 7.36. The van der Waals surface area contributed by atoms with Crippen LogP contribution in [0.5, 0.6) is 5.75 Å². The minimum atomic E-state index is 0.303. The third kappa shape index (κ3) is 2.55. The number of methoxy groups -OCH3 is 1. The summed E-state index contributed by atoms with van der Waals surface area (Å²) in [5.41, 5.74) is 8.09. The van der Waals surface area contributed by atoms with Crippen molar-refractivity contribution in [2.45, 2.75) is 19.0 Å². The molecule has 1 aliphatic heterocycles. The summed E-state index contributed by atoms with van der Waals surface area (Å²) in [5.74, 6) is 0.829. The Balaban J connectivity index is 1.86. The van der Waals surface area contributed by atoms with E-state index in [0.717, 1.165) is 43.2 Å². The van der Waals surface area contributed by atoms with Crippen molar-refractivity contribution < 1.29 is 4.74 Å². The Bertz CT molecular complexity index is 581. The fraction of sp³-hybridized carbons (Fsp3) is 0.400. The van der Waals surface area contributed by atoms with Gasteiger partial charge in [0.15, 0.2) is 0 Å². The molecule has 1 aromatic heterocycles. The summed E-state index contributed by atoms with van der Waals surface area (Å²) in [6, 6.07) is 10.3. The lowest BCUT2D eigenvalue weighted by molar-refractivity contribution is 0.319. The second kappa shape index (κ2) is 5.64. The number of benzene rings is 1. The van der Waals surface area contributed by atoms with Gasteiger partial charge in [-0.1, -0.05) is 12.1 Å². The monoisotopic (exact) mass is 272 g/mol. The third-order valence-corrected chi connectivity index (χ3v) is 3.73. The van der Waals surface area contributed by atoms with Crippen molar-refractivity contribution in [3.63, 3.8) is 0 Å². The van der Waals surface area contributed by atoms with Crippen LogP contribution in [0.4, 0.5) is 0 Å². The van der Waals surface area contributed by atoms with Crippen molar-refractivity contribution >= 4 is 0 Å². The van der Waals surface area contributed by atoms with E-state index in [4.69, 9.17) is 10.5 Å².